The summed E-state index contributed by atoms with van der Waals surface area (Å²) in [7, 11) is 0. The summed E-state index contributed by atoms with van der Waals surface area (Å²) < 4.78 is 2.71. The van der Waals surface area contributed by atoms with Gasteiger partial charge in [0.25, 0.3) is 0 Å². The Morgan fingerprint density at radius 2 is 0.435 bits per heavy atom. The maximum Gasteiger partial charge on any atom is 0.0433 e. The Kier molecular flexibility index (Phi) is 17.6. The summed E-state index contributed by atoms with van der Waals surface area (Å²) in [5.41, 5.74) is 36.9. The molecule has 124 heavy (non-hydrogen) atoms. The van der Waals surface area contributed by atoms with Crippen molar-refractivity contribution in [2.75, 3.05) is 0 Å². The Labute approximate surface area is 729 Å². The number of hydrogen-bond donors (Lipinski definition) is 0. The summed E-state index contributed by atoms with van der Waals surface area (Å²) in [6.07, 6.45) is 0. The summed E-state index contributed by atoms with van der Waals surface area (Å²) >= 11 is 1.90. The van der Waals surface area contributed by atoms with Crippen molar-refractivity contribution in [2.45, 2.75) is 57.8 Å². The minimum absolute atomic E-state index is 0.00357. The minimum atomic E-state index is -0.0492. The summed E-state index contributed by atoms with van der Waals surface area (Å²) in [4.78, 5) is 0. The van der Waals surface area contributed by atoms with Gasteiger partial charge in [0.05, 0.1) is 0 Å². The van der Waals surface area contributed by atoms with Crippen LogP contribution >= 0.6 is 11.3 Å². The minimum Gasteiger partial charge on any atom is -0.135 e. The fraction of sp³-hybridized carbons (Fsp3) is 0.0732. The van der Waals surface area contributed by atoms with E-state index in [4.69, 9.17) is 0 Å². The molecule has 0 nitrogen and oxygen atoms in total. The Morgan fingerprint density at radius 3 is 0.903 bits per heavy atom. The quantitative estimate of drug-likeness (QED) is 0.142. The van der Waals surface area contributed by atoms with Crippen molar-refractivity contribution in [1.82, 2.24) is 0 Å². The van der Waals surface area contributed by atoms with Crippen LogP contribution in [0.5, 0.6) is 0 Å². The molecule has 3 aliphatic rings. The van der Waals surface area contributed by atoms with Crippen molar-refractivity contribution < 1.29 is 0 Å². The van der Waals surface area contributed by atoms with Crippen molar-refractivity contribution in [1.29, 1.82) is 0 Å². The van der Waals surface area contributed by atoms with E-state index < -0.39 is 0 Å². The molecule has 0 saturated carbocycles. The van der Waals surface area contributed by atoms with E-state index in [9.17, 15) is 0 Å². The molecule has 0 amide bonds. The predicted octanol–water partition coefficient (Wildman–Crippen LogP) is 34.6. The van der Waals surface area contributed by atoms with Gasteiger partial charge < -0.3 is 0 Å². The number of fused-ring (bicyclic) bond motifs is 20. The second-order valence-electron chi connectivity index (χ2n) is 35.8. The largest absolute Gasteiger partial charge is 0.135 e. The molecular weight excluding hydrogens is 1510 g/mol. The van der Waals surface area contributed by atoms with Crippen LogP contribution in [0.15, 0.2) is 425 Å². The standard InChI is InChI=1S/C45H32.C41H30.C37H26S/c1-45(2)42-17-8-7-16-40(42)44-39-15-6-5-14-38(39)41(28-43(44)45)37-13-9-12-31(27-37)32-20-21-36-26-35(23-22-34(36)25-32)33-19-18-29-10-3-4-11-30(29)24-33;1-41(2)39-13-6-5-12-37(39)38-21-20-36(26-40(38)41)30-11-7-10-29(23-30)31-16-17-35-25-34(19-18-33(35)24-31)32-15-14-27-8-3-4-9-28(27)22-32;1-37(2)32-19-7-5-16-30(32)35-28-15-4-3-13-26(28)31(22-33(35)37)24-12-9-11-23(21-24)25-17-10-18-29-27-14-6-8-20-34(27)38-36(25)29/h3-28H,1-2H3;3-26H,1-2H3;3-22H,1-2H3. The third-order valence-electron chi connectivity index (χ3n) is 27.5. The molecule has 1 aromatic heterocycles. The predicted molar refractivity (Wildman–Crippen MR) is 533 cm³/mol. The summed E-state index contributed by atoms with van der Waals surface area (Å²) in [5, 5.41) is 18.1. The van der Waals surface area contributed by atoms with Gasteiger partial charge in [-0.3, -0.25) is 0 Å². The molecule has 25 rings (SSSR count). The van der Waals surface area contributed by atoms with E-state index in [0.29, 0.717) is 0 Å². The van der Waals surface area contributed by atoms with Gasteiger partial charge in [-0.05, 0) is 299 Å². The molecule has 0 unspecified atom stereocenters. The highest BCUT2D eigenvalue weighted by Crippen LogP contribution is 2.57. The zero-order valence-corrected chi connectivity index (χ0v) is 71.1. The molecule has 0 saturated heterocycles. The van der Waals surface area contributed by atoms with Crippen molar-refractivity contribution in [2.24, 2.45) is 0 Å². The summed E-state index contributed by atoms with van der Waals surface area (Å²) in [5.74, 6) is 0. The van der Waals surface area contributed by atoms with Gasteiger partial charge in [-0.15, -0.1) is 11.3 Å². The normalized spacial score (nSPS) is 13.4. The van der Waals surface area contributed by atoms with Crippen molar-refractivity contribution in [3.63, 3.8) is 0 Å². The molecule has 3 aliphatic carbocycles. The first-order chi connectivity index (χ1) is 60.7. The molecule has 0 atom stereocenters. The third-order valence-corrected chi connectivity index (χ3v) is 28.7. The number of benzene rings is 21. The first-order valence-electron chi connectivity index (χ1n) is 43.6. The Balaban J connectivity index is 0.000000108. The molecule has 22 aromatic rings. The van der Waals surface area contributed by atoms with E-state index in [1.165, 1.54) is 241 Å². The monoisotopic (exact) mass is 1600 g/mol. The number of rotatable bonds is 8. The molecular formula is C123H88S. The van der Waals surface area contributed by atoms with Crippen LogP contribution in [-0.2, 0) is 16.2 Å². The molecule has 0 radical (unpaired) electrons. The molecule has 1 heterocycles. The van der Waals surface area contributed by atoms with Crippen molar-refractivity contribution >= 4 is 96.1 Å². The van der Waals surface area contributed by atoms with Gasteiger partial charge in [0.1, 0.15) is 0 Å². The number of thiophene rings is 1. The molecule has 586 valence electrons. The van der Waals surface area contributed by atoms with Gasteiger partial charge in [-0.2, -0.15) is 0 Å². The highest BCUT2D eigenvalue weighted by Gasteiger charge is 2.40. The first-order valence-corrected chi connectivity index (χ1v) is 44.4. The fourth-order valence-corrected chi connectivity index (χ4v) is 22.2. The van der Waals surface area contributed by atoms with Crippen LogP contribution in [0.2, 0.25) is 0 Å². The zero-order valence-electron chi connectivity index (χ0n) is 70.3. The van der Waals surface area contributed by atoms with E-state index in [1.54, 1.807) is 0 Å². The zero-order chi connectivity index (χ0) is 83.1. The van der Waals surface area contributed by atoms with Crippen LogP contribution in [-0.4, -0.2) is 0 Å². The molecule has 0 fully saturated rings. The summed E-state index contributed by atoms with van der Waals surface area (Å²) in [6.45, 7) is 14.2. The van der Waals surface area contributed by atoms with E-state index in [2.05, 4.69) is 466 Å². The van der Waals surface area contributed by atoms with Gasteiger partial charge in [0.15, 0.2) is 0 Å². The third kappa shape index (κ3) is 12.5. The van der Waals surface area contributed by atoms with Gasteiger partial charge in [0, 0.05) is 36.4 Å². The lowest BCUT2D eigenvalue weighted by molar-refractivity contribution is 0.660. The highest BCUT2D eigenvalue weighted by atomic mass is 32.1. The topological polar surface area (TPSA) is 0 Å². The van der Waals surface area contributed by atoms with Crippen LogP contribution in [0.4, 0.5) is 0 Å². The number of hydrogen-bond acceptors (Lipinski definition) is 1. The van der Waals surface area contributed by atoms with Crippen molar-refractivity contribution in [3.05, 3.63) is 458 Å². The molecule has 0 aliphatic heterocycles. The fourth-order valence-electron chi connectivity index (χ4n) is 21.0. The van der Waals surface area contributed by atoms with Gasteiger partial charge in [0.2, 0.25) is 0 Å². The van der Waals surface area contributed by atoms with Gasteiger partial charge in [-0.1, -0.05) is 387 Å². The molecule has 0 bridgehead atoms. The van der Waals surface area contributed by atoms with Crippen LogP contribution in [0.25, 0.3) is 207 Å². The SMILES string of the molecule is CC1(C)c2ccccc2-c2c1cc(-c1cccc(-c3ccc4cc(-c5ccc6ccccc6c5)ccc4c3)c1)c1ccccc21.CC1(C)c2ccccc2-c2c1cc(-c1cccc(-c3cccc4c3sc3ccccc34)c1)c1ccccc21.CC1(C)c2ccccc2-c2ccc(-c3cccc(-c4ccc5cc(-c6ccc7ccccc7c6)ccc5c4)c3)cc21. The molecule has 0 spiro atoms. The average Bonchev–Trinajstić information content (AvgIpc) is 1.56. The van der Waals surface area contributed by atoms with Crippen LogP contribution < -0.4 is 0 Å². The maximum absolute atomic E-state index is 2.47. The van der Waals surface area contributed by atoms with Crippen LogP contribution in [0.1, 0.15) is 74.9 Å². The lowest BCUT2D eigenvalue weighted by Gasteiger charge is -2.23. The van der Waals surface area contributed by atoms with Gasteiger partial charge >= 0.3 is 0 Å². The first kappa shape index (κ1) is 74.5. The Hall–Kier alpha value is -14.6. The highest BCUT2D eigenvalue weighted by molar-refractivity contribution is 7.26. The van der Waals surface area contributed by atoms with Crippen LogP contribution in [0, 0.1) is 0 Å². The van der Waals surface area contributed by atoms with E-state index in [0.717, 1.165) is 0 Å². The second kappa shape index (κ2) is 29.4. The molecule has 1 heteroatoms. The van der Waals surface area contributed by atoms with E-state index in [-0.39, 0.29) is 16.2 Å². The Morgan fingerprint density at radius 1 is 0.153 bits per heavy atom. The lowest BCUT2D eigenvalue weighted by Crippen LogP contribution is -2.15. The Bertz CT molecular complexity index is 8150. The second-order valence-corrected chi connectivity index (χ2v) is 36.8. The van der Waals surface area contributed by atoms with Crippen LogP contribution in [0.3, 0.4) is 0 Å². The molecule has 0 N–H and O–H groups in total. The van der Waals surface area contributed by atoms with Gasteiger partial charge in [-0.25, -0.2) is 0 Å². The smallest absolute Gasteiger partial charge is 0.0433 e. The summed E-state index contributed by atoms with van der Waals surface area (Å²) in [6, 6.07) is 157. The molecule has 21 aromatic carbocycles. The van der Waals surface area contributed by atoms with E-state index in [1.807, 2.05) is 11.3 Å². The maximum atomic E-state index is 2.47. The average molecular weight is 1600 g/mol. The lowest BCUT2D eigenvalue weighted by atomic mass is 9.80. The van der Waals surface area contributed by atoms with E-state index >= 15 is 0 Å². The van der Waals surface area contributed by atoms with Crippen molar-refractivity contribution in [3.8, 4) is 122 Å².